The third-order valence-electron chi connectivity index (χ3n) is 3.27. The van der Waals surface area contributed by atoms with Crippen molar-refractivity contribution in [3.63, 3.8) is 0 Å². The van der Waals surface area contributed by atoms with Crippen LogP contribution in [0.3, 0.4) is 0 Å². The Bertz CT molecular complexity index is 469. The van der Waals surface area contributed by atoms with Gasteiger partial charge in [0.2, 0.25) is 5.91 Å². The van der Waals surface area contributed by atoms with Crippen molar-refractivity contribution in [3.05, 3.63) is 35.9 Å². The van der Waals surface area contributed by atoms with Crippen LogP contribution < -0.4 is 10.6 Å². The molecule has 5 heteroatoms. The fourth-order valence-corrected chi connectivity index (χ4v) is 1.47. The zero-order valence-corrected chi connectivity index (χ0v) is 12.3. The Labute approximate surface area is 119 Å². The lowest BCUT2D eigenvalue weighted by Gasteiger charge is -2.30. The molecule has 0 aliphatic carbocycles. The topological polar surface area (TPSA) is 78.4 Å². The lowest BCUT2D eigenvalue weighted by Crippen LogP contribution is -2.56. The molecule has 1 aromatic carbocycles. The molecule has 0 fully saturated rings. The van der Waals surface area contributed by atoms with Gasteiger partial charge in [0, 0.05) is 5.56 Å². The van der Waals surface area contributed by atoms with Crippen molar-refractivity contribution in [2.45, 2.75) is 45.4 Å². The molecule has 2 amide bonds. The number of hydrogen-bond acceptors (Lipinski definition) is 3. The first kappa shape index (κ1) is 16.2. The second-order valence-corrected chi connectivity index (χ2v) is 5.45. The van der Waals surface area contributed by atoms with E-state index in [4.69, 9.17) is 0 Å². The Hall–Kier alpha value is -1.88. The normalized spacial score (nSPS) is 14.2. The summed E-state index contributed by atoms with van der Waals surface area (Å²) in [7, 11) is 0. The summed E-state index contributed by atoms with van der Waals surface area (Å²) in [5.41, 5.74) is -0.245. The SMILES string of the molecule is CC(NC(=O)c1ccccc1)C(=O)NC(C)(C)C(C)O. The van der Waals surface area contributed by atoms with Crippen LogP contribution in [0.5, 0.6) is 0 Å². The number of benzene rings is 1. The molecule has 0 saturated carbocycles. The van der Waals surface area contributed by atoms with Gasteiger partial charge in [-0.25, -0.2) is 0 Å². The Morgan fingerprint density at radius 1 is 1.15 bits per heavy atom. The highest BCUT2D eigenvalue weighted by Gasteiger charge is 2.28. The maximum absolute atomic E-state index is 12.0. The number of amides is 2. The van der Waals surface area contributed by atoms with E-state index in [2.05, 4.69) is 10.6 Å². The molecule has 0 bridgehead atoms. The van der Waals surface area contributed by atoms with Crippen molar-refractivity contribution in [2.24, 2.45) is 0 Å². The zero-order chi connectivity index (χ0) is 15.3. The van der Waals surface area contributed by atoms with Gasteiger partial charge >= 0.3 is 0 Å². The summed E-state index contributed by atoms with van der Waals surface area (Å²) >= 11 is 0. The third-order valence-corrected chi connectivity index (χ3v) is 3.27. The number of aliphatic hydroxyl groups is 1. The predicted molar refractivity (Wildman–Crippen MR) is 77.3 cm³/mol. The van der Waals surface area contributed by atoms with Crippen molar-refractivity contribution in [3.8, 4) is 0 Å². The molecule has 0 aliphatic heterocycles. The maximum Gasteiger partial charge on any atom is 0.251 e. The van der Waals surface area contributed by atoms with Gasteiger partial charge in [0.15, 0.2) is 0 Å². The predicted octanol–water partition coefficient (Wildman–Crippen LogP) is 1.08. The lowest BCUT2D eigenvalue weighted by molar-refractivity contribution is -0.125. The molecule has 0 radical (unpaired) electrons. The van der Waals surface area contributed by atoms with E-state index in [-0.39, 0.29) is 11.8 Å². The molecule has 2 atom stereocenters. The second-order valence-electron chi connectivity index (χ2n) is 5.45. The molecule has 0 aromatic heterocycles. The van der Waals surface area contributed by atoms with E-state index in [9.17, 15) is 14.7 Å². The zero-order valence-electron chi connectivity index (χ0n) is 12.3. The Kier molecular flexibility index (Phi) is 5.27. The van der Waals surface area contributed by atoms with E-state index in [1.807, 2.05) is 6.07 Å². The molecule has 0 aliphatic rings. The first-order valence-corrected chi connectivity index (χ1v) is 6.60. The first-order chi connectivity index (χ1) is 9.24. The largest absolute Gasteiger partial charge is 0.391 e. The van der Waals surface area contributed by atoms with Crippen molar-refractivity contribution >= 4 is 11.8 Å². The molecule has 5 nitrogen and oxygen atoms in total. The Morgan fingerprint density at radius 3 is 2.20 bits per heavy atom. The van der Waals surface area contributed by atoms with Crippen molar-refractivity contribution in [2.75, 3.05) is 0 Å². The van der Waals surface area contributed by atoms with Crippen LogP contribution in [0.2, 0.25) is 0 Å². The third kappa shape index (κ3) is 4.35. The van der Waals surface area contributed by atoms with Crippen LogP contribution in [0.15, 0.2) is 30.3 Å². The van der Waals surface area contributed by atoms with Gasteiger partial charge in [-0.2, -0.15) is 0 Å². The van der Waals surface area contributed by atoms with Gasteiger partial charge in [0.1, 0.15) is 6.04 Å². The molecule has 1 rings (SSSR count). The number of hydrogen-bond donors (Lipinski definition) is 3. The van der Waals surface area contributed by atoms with Gasteiger partial charge < -0.3 is 15.7 Å². The van der Waals surface area contributed by atoms with Crippen LogP contribution in [-0.4, -0.2) is 34.6 Å². The Morgan fingerprint density at radius 2 is 1.70 bits per heavy atom. The minimum Gasteiger partial charge on any atom is -0.391 e. The van der Waals surface area contributed by atoms with Crippen molar-refractivity contribution in [1.29, 1.82) is 0 Å². The molecule has 1 aromatic rings. The van der Waals surface area contributed by atoms with Gasteiger partial charge in [0.05, 0.1) is 11.6 Å². The van der Waals surface area contributed by atoms with Crippen LogP contribution in [0.4, 0.5) is 0 Å². The maximum atomic E-state index is 12.0. The van der Waals surface area contributed by atoms with Crippen molar-refractivity contribution < 1.29 is 14.7 Å². The summed E-state index contributed by atoms with van der Waals surface area (Å²) in [6.07, 6.45) is -0.691. The summed E-state index contributed by atoms with van der Waals surface area (Å²) in [6.45, 7) is 6.66. The quantitative estimate of drug-likeness (QED) is 0.754. The van der Waals surface area contributed by atoms with Crippen molar-refractivity contribution in [1.82, 2.24) is 10.6 Å². The van der Waals surface area contributed by atoms with Gasteiger partial charge in [0.25, 0.3) is 5.91 Å². The number of carbonyl (C=O) groups excluding carboxylic acids is 2. The minimum absolute atomic E-state index is 0.303. The highest BCUT2D eigenvalue weighted by atomic mass is 16.3. The molecule has 0 spiro atoms. The highest BCUT2D eigenvalue weighted by molar-refractivity contribution is 5.97. The van der Waals surface area contributed by atoms with E-state index >= 15 is 0 Å². The van der Waals surface area contributed by atoms with Gasteiger partial charge in [-0.1, -0.05) is 18.2 Å². The van der Waals surface area contributed by atoms with Crippen LogP contribution in [0, 0.1) is 0 Å². The number of rotatable bonds is 5. The molecule has 110 valence electrons. The summed E-state index contributed by atoms with van der Waals surface area (Å²) in [5.74, 6) is -0.636. The molecule has 2 unspecified atom stereocenters. The summed E-state index contributed by atoms with van der Waals surface area (Å²) in [4.78, 5) is 23.9. The minimum atomic E-state index is -0.747. The molecular formula is C15H22N2O3. The summed E-state index contributed by atoms with van der Waals surface area (Å²) < 4.78 is 0. The number of nitrogens with one attached hydrogen (secondary N) is 2. The van der Waals surface area contributed by atoms with E-state index in [0.29, 0.717) is 5.56 Å². The average molecular weight is 278 g/mol. The summed E-state index contributed by atoms with van der Waals surface area (Å²) in [5, 5.41) is 14.9. The smallest absolute Gasteiger partial charge is 0.251 e. The molecular weight excluding hydrogens is 256 g/mol. The van der Waals surface area contributed by atoms with Crippen LogP contribution in [0.25, 0.3) is 0 Å². The van der Waals surface area contributed by atoms with E-state index in [0.717, 1.165) is 0 Å². The fourth-order valence-electron chi connectivity index (χ4n) is 1.47. The van der Waals surface area contributed by atoms with Gasteiger partial charge in [-0.05, 0) is 39.8 Å². The standard InChI is InChI=1S/C15H22N2O3/c1-10(13(19)17-15(3,4)11(2)18)16-14(20)12-8-6-5-7-9-12/h5-11,18H,1-4H3,(H,16,20)(H,17,19). The second kappa shape index (κ2) is 6.52. The monoisotopic (exact) mass is 278 g/mol. The molecule has 3 N–H and O–H groups in total. The van der Waals surface area contributed by atoms with Gasteiger partial charge in [-0.15, -0.1) is 0 Å². The van der Waals surface area contributed by atoms with Gasteiger partial charge in [-0.3, -0.25) is 9.59 Å². The summed E-state index contributed by atoms with van der Waals surface area (Å²) in [6, 6.07) is 8.02. The number of aliphatic hydroxyl groups excluding tert-OH is 1. The highest BCUT2D eigenvalue weighted by Crippen LogP contribution is 2.08. The molecule has 20 heavy (non-hydrogen) atoms. The fraction of sp³-hybridized carbons (Fsp3) is 0.467. The molecule has 0 saturated heterocycles. The average Bonchev–Trinajstić information content (AvgIpc) is 2.38. The van der Waals surface area contributed by atoms with Crippen LogP contribution in [-0.2, 0) is 4.79 Å². The van der Waals surface area contributed by atoms with Crippen LogP contribution in [0.1, 0.15) is 38.1 Å². The van der Waals surface area contributed by atoms with E-state index in [1.54, 1.807) is 52.0 Å². The lowest BCUT2D eigenvalue weighted by atomic mass is 9.98. The number of carbonyl (C=O) groups is 2. The van der Waals surface area contributed by atoms with E-state index in [1.165, 1.54) is 0 Å². The Balaban J connectivity index is 2.61. The van der Waals surface area contributed by atoms with Crippen LogP contribution >= 0.6 is 0 Å². The molecule has 0 heterocycles. The first-order valence-electron chi connectivity index (χ1n) is 6.60. The van der Waals surface area contributed by atoms with E-state index < -0.39 is 17.7 Å².